The molecule has 0 heterocycles. The minimum absolute atomic E-state index is 0.408. The Hall–Kier alpha value is -1.03. The Morgan fingerprint density at radius 1 is 1.50 bits per heavy atom. The molecule has 4 heteroatoms. The van der Waals surface area contributed by atoms with E-state index in [1.165, 1.54) is 19.4 Å². The first kappa shape index (κ1) is 13.0. The number of nitrogens with one attached hydrogen (secondary N) is 1. The van der Waals surface area contributed by atoms with Gasteiger partial charge in [-0.2, -0.15) is 0 Å². The van der Waals surface area contributed by atoms with Gasteiger partial charge in [-0.3, -0.25) is 0 Å². The summed E-state index contributed by atoms with van der Waals surface area (Å²) in [5.74, 6) is -0.408. The fourth-order valence-electron chi connectivity index (χ4n) is 0.944. The predicted octanol–water partition coefficient (Wildman–Crippen LogP) is 0.814. The fourth-order valence-corrected chi connectivity index (χ4v) is 0.944. The van der Waals surface area contributed by atoms with Gasteiger partial charge in [-0.25, -0.2) is 4.79 Å². The number of esters is 1. The summed E-state index contributed by atoms with van der Waals surface area (Å²) in [6.07, 6.45) is 4.14. The average Bonchev–Trinajstić information content (AvgIpc) is 2.23. The molecule has 0 radical (unpaired) electrons. The van der Waals surface area contributed by atoms with E-state index in [0.717, 1.165) is 0 Å². The van der Waals surface area contributed by atoms with Crippen LogP contribution in [0.25, 0.3) is 0 Å². The van der Waals surface area contributed by atoms with Crippen LogP contribution in [0.4, 0.5) is 0 Å². The molecule has 0 aliphatic rings. The van der Waals surface area contributed by atoms with Crippen LogP contribution in [0, 0.1) is 0 Å². The molecule has 0 aliphatic carbocycles. The van der Waals surface area contributed by atoms with E-state index >= 15 is 0 Å². The van der Waals surface area contributed by atoms with Crippen LogP contribution in [-0.2, 0) is 9.53 Å². The first-order chi connectivity index (χ1) is 6.58. The van der Waals surface area contributed by atoms with E-state index in [4.69, 9.17) is 0 Å². The maximum absolute atomic E-state index is 10.7. The van der Waals surface area contributed by atoms with E-state index in [0.29, 0.717) is 19.4 Å². The molecule has 14 heavy (non-hydrogen) atoms. The second-order valence-electron chi connectivity index (χ2n) is 3.17. The van der Waals surface area contributed by atoms with Crippen molar-refractivity contribution in [1.29, 1.82) is 0 Å². The highest BCUT2D eigenvalue weighted by Gasteiger charge is 2.20. The molecule has 0 aliphatic heterocycles. The average molecular weight is 201 g/mol. The Balaban J connectivity index is 3.82. The van der Waals surface area contributed by atoms with Crippen molar-refractivity contribution in [2.75, 3.05) is 13.7 Å². The molecule has 0 amide bonds. The van der Waals surface area contributed by atoms with Crippen molar-refractivity contribution in [2.24, 2.45) is 0 Å². The Bertz CT molecular complexity index is 198. The van der Waals surface area contributed by atoms with Gasteiger partial charge in [-0.15, -0.1) is 0 Å². The Labute approximate surface area is 85.0 Å². The highest BCUT2D eigenvalue weighted by Crippen LogP contribution is 2.12. The summed E-state index contributed by atoms with van der Waals surface area (Å²) in [6, 6.07) is 0. The van der Waals surface area contributed by atoms with Gasteiger partial charge in [0.15, 0.2) is 0 Å². The number of aliphatic hydroxyl groups is 1. The van der Waals surface area contributed by atoms with Gasteiger partial charge in [-0.1, -0.05) is 13.8 Å². The molecule has 0 saturated carbocycles. The van der Waals surface area contributed by atoms with Gasteiger partial charge in [0.25, 0.3) is 0 Å². The Kier molecular flexibility index (Phi) is 5.95. The molecule has 0 saturated heterocycles. The normalized spacial score (nSPS) is 11.7. The summed E-state index contributed by atoms with van der Waals surface area (Å²) in [5, 5.41) is 12.7. The molecule has 0 rings (SSSR count). The van der Waals surface area contributed by atoms with E-state index in [1.54, 1.807) is 0 Å². The molecule has 2 N–H and O–H groups in total. The lowest BCUT2D eigenvalue weighted by Crippen LogP contribution is -2.37. The van der Waals surface area contributed by atoms with E-state index in [9.17, 15) is 9.90 Å². The minimum atomic E-state index is -0.694. The summed E-state index contributed by atoms with van der Waals surface area (Å²) in [6.45, 7) is 4.29. The van der Waals surface area contributed by atoms with E-state index in [-0.39, 0.29) is 0 Å². The zero-order chi connectivity index (χ0) is 11.0. The summed E-state index contributed by atoms with van der Waals surface area (Å²) in [5.41, 5.74) is -0.694. The topological polar surface area (TPSA) is 58.6 Å². The number of methoxy groups -OCH3 is 1. The van der Waals surface area contributed by atoms with Crippen LogP contribution in [0.3, 0.4) is 0 Å². The molecular formula is C10H19NO3. The number of rotatable bonds is 6. The molecule has 0 aromatic heterocycles. The van der Waals surface area contributed by atoms with Crippen LogP contribution in [0.15, 0.2) is 12.3 Å². The lowest BCUT2D eigenvalue weighted by Gasteiger charge is -2.24. The molecule has 0 aromatic rings. The zero-order valence-corrected chi connectivity index (χ0v) is 9.04. The van der Waals surface area contributed by atoms with Gasteiger partial charge in [0.1, 0.15) is 0 Å². The monoisotopic (exact) mass is 201 g/mol. The molecular weight excluding hydrogens is 182 g/mol. The van der Waals surface area contributed by atoms with Crippen molar-refractivity contribution in [3.8, 4) is 0 Å². The number of hydrogen-bond donors (Lipinski definition) is 2. The van der Waals surface area contributed by atoms with Gasteiger partial charge in [0.05, 0.1) is 12.7 Å². The Morgan fingerprint density at radius 3 is 2.50 bits per heavy atom. The molecule has 0 fully saturated rings. The standard InChI is InChI=1S/C10H19NO3/c1-4-10(13,5-2)8-11-7-6-9(12)14-3/h6-7,11,13H,4-5,8H2,1-3H3/b7-6+. The molecule has 0 unspecified atom stereocenters. The lowest BCUT2D eigenvalue weighted by atomic mass is 9.98. The van der Waals surface area contributed by atoms with Crippen molar-refractivity contribution in [1.82, 2.24) is 5.32 Å². The van der Waals surface area contributed by atoms with Crippen LogP contribution in [0.1, 0.15) is 26.7 Å². The van der Waals surface area contributed by atoms with E-state index < -0.39 is 11.6 Å². The van der Waals surface area contributed by atoms with Crippen LogP contribution >= 0.6 is 0 Å². The van der Waals surface area contributed by atoms with Gasteiger partial charge >= 0.3 is 5.97 Å². The smallest absolute Gasteiger partial charge is 0.331 e. The maximum atomic E-state index is 10.7. The van der Waals surface area contributed by atoms with E-state index in [2.05, 4.69) is 10.1 Å². The SMILES string of the molecule is CCC(O)(CC)CN/C=C/C(=O)OC. The van der Waals surface area contributed by atoms with Crippen molar-refractivity contribution in [3.05, 3.63) is 12.3 Å². The van der Waals surface area contributed by atoms with Crippen molar-refractivity contribution >= 4 is 5.97 Å². The third kappa shape index (κ3) is 4.87. The third-order valence-electron chi connectivity index (χ3n) is 2.29. The Morgan fingerprint density at radius 2 is 2.07 bits per heavy atom. The lowest BCUT2D eigenvalue weighted by molar-refractivity contribution is -0.134. The summed E-state index contributed by atoms with van der Waals surface area (Å²) < 4.78 is 4.41. The maximum Gasteiger partial charge on any atom is 0.331 e. The molecule has 0 spiro atoms. The summed E-state index contributed by atoms with van der Waals surface area (Å²) >= 11 is 0. The van der Waals surface area contributed by atoms with Crippen LogP contribution in [0.5, 0.6) is 0 Å². The second-order valence-corrected chi connectivity index (χ2v) is 3.17. The highest BCUT2D eigenvalue weighted by molar-refractivity contribution is 5.81. The first-order valence-electron chi connectivity index (χ1n) is 4.78. The number of ether oxygens (including phenoxy) is 1. The van der Waals surface area contributed by atoms with Crippen LogP contribution < -0.4 is 5.32 Å². The first-order valence-corrected chi connectivity index (χ1v) is 4.78. The van der Waals surface area contributed by atoms with Gasteiger partial charge in [-0.05, 0) is 12.8 Å². The summed E-state index contributed by atoms with van der Waals surface area (Å²) in [7, 11) is 1.32. The predicted molar refractivity (Wildman–Crippen MR) is 54.7 cm³/mol. The van der Waals surface area contributed by atoms with Gasteiger partial charge in [0.2, 0.25) is 0 Å². The van der Waals surface area contributed by atoms with Gasteiger partial charge in [0, 0.05) is 18.8 Å². The quantitative estimate of drug-likeness (QED) is 0.493. The molecule has 0 atom stereocenters. The summed E-state index contributed by atoms with van der Waals surface area (Å²) in [4.78, 5) is 10.7. The number of hydrogen-bond acceptors (Lipinski definition) is 4. The minimum Gasteiger partial charge on any atom is -0.466 e. The number of carbonyl (C=O) groups excluding carboxylic acids is 1. The highest BCUT2D eigenvalue weighted by atomic mass is 16.5. The van der Waals surface area contributed by atoms with E-state index in [1.807, 2.05) is 13.8 Å². The van der Waals surface area contributed by atoms with Crippen molar-refractivity contribution < 1.29 is 14.6 Å². The largest absolute Gasteiger partial charge is 0.466 e. The molecule has 0 bridgehead atoms. The van der Waals surface area contributed by atoms with Crippen LogP contribution in [0.2, 0.25) is 0 Å². The van der Waals surface area contributed by atoms with Gasteiger partial charge < -0.3 is 15.2 Å². The fraction of sp³-hybridized carbons (Fsp3) is 0.700. The molecule has 82 valence electrons. The van der Waals surface area contributed by atoms with Crippen molar-refractivity contribution in [3.63, 3.8) is 0 Å². The van der Waals surface area contributed by atoms with Crippen LogP contribution in [-0.4, -0.2) is 30.3 Å². The zero-order valence-electron chi connectivity index (χ0n) is 9.04. The molecule has 4 nitrogen and oxygen atoms in total. The third-order valence-corrected chi connectivity index (χ3v) is 2.29. The van der Waals surface area contributed by atoms with Crippen molar-refractivity contribution in [2.45, 2.75) is 32.3 Å². The molecule has 0 aromatic carbocycles. The second kappa shape index (κ2) is 6.43. The number of carbonyl (C=O) groups is 1.